The van der Waals surface area contributed by atoms with Crippen LogP contribution in [0.4, 0.5) is 4.79 Å². The van der Waals surface area contributed by atoms with Gasteiger partial charge in [0, 0.05) is 0 Å². The minimum atomic E-state index is -3.21. The molecule has 1 aliphatic rings. The van der Waals surface area contributed by atoms with Crippen molar-refractivity contribution in [3.63, 3.8) is 0 Å². The van der Waals surface area contributed by atoms with Crippen molar-refractivity contribution in [2.24, 2.45) is 5.73 Å². The van der Waals surface area contributed by atoms with E-state index < -0.39 is 28.0 Å². The van der Waals surface area contributed by atoms with Crippen LogP contribution in [0.15, 0.2) is 0 Å². The van der Waals surface area contributed by atoms with Crippen LogP contribution in [0.2, 0.25) is 0 Å². The number of sulfone groups is 1. The summed E-state index contributed by atoms with van der Waals surface area (Å²) in [6.07, 6.45) is -1.04. The molecule has 0 bridgehead atoms. The zero-order valence-corrected chi connectivity index (χ0v) is 7.04. The van der Waals surface area contributed by atoms with Crippen LogP contribution < -0.4 is 11.1 Å². The van der Waals surface area contributed by atoms with Crippen LogP contribution in [0.3, 0.4) is 0 Å². The number of aliphatic hydroxyl groups is 1. The fraction of sp³-hybridized carbons (Fsp3) is 0.800. The largest absolute Gasteiger partial charge is 0.390 e. The summed E-state index contributed by atoms with van der Waals surface area (Å²) in [6, 6.07) is -1.58. The first-order chi connectivity index (χ1) is 5.41. The Hall–Kier alpha value is -0.820. The van der Waals surface area contributed by atoms with Crippen LogP contribution in [0.5, 0.6) is 0 Å². The molecule has 4 N–H and O–H groups in total. The first-order valence-electron chi connectivity index (χ1n) is 3.35. The molecule has 6 nitrogen and oxygen atoms in total. The van der Waals surface area contributed by atoms with Gasteiger partial charge in [-0.15, -0.1) is 0 Å². The first kappa shape index (κ1) is 9.27. The van der Waals surface area contributed by atoms with E-state index >= 15 is 0 Å². The lowest BCUT2D eigenvalue weighted by Gasteiger charge is -2.11. The Bertz CT molecular complexity index is 286. The highest BCUT2D eigenvalue weighted by Gasteiger charge is 2.36. The fourth-order valence-corrected chi connectivity index (χ4v) is 2.89. The van der Waals surface area contributed by atoms with Crippen molar-refractivity contribution in [1.82, 2.24) is 5.32 Å². The van der Waals surface area contributed by atoms with Crippen molar-refractivity contribution in [2.45, 2.75) is 12.1 Å². The number of hydrogen-bond donors (Lipinski definition) is 3. The second kappa shape index (κ2) is 2.91. The number of carbonyl (C=O) groups excluding carboxylic acids is 1. The maximum absolute atomic E-state index is 10.9. The quantitative estimate of drug-likeness (QED) is 0.440. The van der Waals surface area contributed by atoms with Gasteiger partial charge in [-0.25, -0.2) is 13.2 Å². The molecule has 0 radical (unpaired) electrons. The highest BCUT2D eigenvalue weighted by molar-refractivity contribution is 7.91. The Labute approximate surface area is 69.7 Å². The van der Waals surface area contributed by atoms with Gasteiger partial charge >= 0.3 is 6.03 Å². The Morgan fingerprint density at radius 1 is 1.50 bits per heavy atom. The molecule has 0 saturated carbocycles. The van der Waals surface area contributed by atoms with Crippen LogP contribution >= 0.6 is 0 Å². The van der Waals surface area contributed by atoms with Crippen LogP contribution in [0, 0.1) is 0 Å². The van der Waals surface area contributed by atoms with E-state index in [4.69, 9.17) is 10.8 Å². The summed E-state index contributed by atoms with van der Waals surface area (Å²) in [7, 11) is -3.21. The number of aliphatic hydroxyl groups excluding tert-OH is 1. The van der Waals surface area contributed by atoms with Gasteiger partial charge in [-0.1, -0.05) is 0 Å². The molecule has 0 aromatic carbocycles. The second-order valence-electron chi connectivity index (χ2n) is 2.76. The van der Waals surface area contributed by atoms with Crippen LogP contribution in [-0.2, 0) is 9.84 Å². The molecule has 12 heavy (non-hydrogen) atoms. The van der Waals surface area contributed by atoms with Crippen molar-refractivity contribution in [3.8, 4) is 0 Å². The molecule has 1 fully saturated rings. The number of nitrogens with one attached hydrogen (secondary N) is 1. The smallest absolute Gasteiger partial charge is 0.312 e. The summed E-state index contributed by atoms with van der Waals surface area (Å²) < 4.78 is 21.8. The Kier molecular flexibility index (Phi) is 2.25. The molecule has 1 rings (SSSR count). The molecule has 70 valence electrons. The average Bonchev–Trinajstić information content (AvgIpc) is 2.03. The van der Waals surface area contributed by atoms with E-state index in [2.05, 4.69) is 5.32 Å². The molecular weight excluding hydrogens is 184 g/mol. The summed E-state index contributed by atoms with van der Waals surface area (Å²) in [5.41, 5.74) is 4.77. The molecule has 1 heterocycles. The molecule has 1 saturated heterocycles. The third kappa shape index (κ3) is 2.08. The maximum Gasteiger partial charge on any atom is 0.312 e. The summed E-state index contributed by atoms with van der Waals surface area (Å²) >= 11 is 0. The third-order valence-corrected chi connectivity index (χ3v) is 3.37. The molecular formula is C5H10N2O4S. The minimum absolute atomic E-state index is 0.239. The average molecular weight is 194 g/mol. The van der Waals surface area contributed by atoms with Gasteiger partial charge in [0.1, 0.15) is 0 Å². The topological polar surface area (TPSA) is 109 Å². The van der Waals surface area contributed by atoms with Gasteiger partial charge in [0.2, 0.25) is 0 Å². The lowest BCUT2D eigenvalue weighted by molar-refractivity contribution is 0.166. The maximum atomic E-state index is 10.9. The lowest BCUT2D eigenvalue weighted by Crippen LogP contribution is -2.45. The molecule has 2 amide bonds. The molecule has 0 spiro atoms. The summed E-state index contributed by atoms with van der Waals surface area (Å²) in [6.45, 7) is 0. The van der Waals surface area contributed by atoms with Crippen LogP contribution in [-0.4, -0.2) is 43.2 Å². The highest BCUT2D eigenvalue weighted by Crippen LogP contribution is 2.11. The second-order valence-corrected chi connectivity index (χ2v) is 4.91. The van der Waals surface area contributed by atoms with Crippen molar-refractivity contribution < 1.29 is 18.3 Å². The van der Waals surface area contributed by atoms with Crippen molar-refractivity contribution in [1.29, 1.82) is 0 Å². The van der Waals surface area contributed by atoms with Crippen molar-refractivity contribution in [2.75, 3.05) is 11.5 Å². The fourth-order valence-electron chi connectivity index (χ4n) is 1.15. The number of carbonyl (C=O) groups is 1. The van der Waals surface area contributed by atoms with E-state index in [1.807, 2.05) is 0 Å². The SMILES string of the molecule is NC(=O)N[C@@H]1CS(=O)(=O)C[C@@H]1O. The normalized spacial score (nSPS) is 33.1. The van der Waals surface area contributed by atoms with Crippen LogP contribution in [0.25, 0.3) is 0 Å². The van der Waals surface area contributed by atoms with E-state index in [-0.39, 0.29) is 11.5 Å². The predicted molar refractivity (Wildman–Crippen MR) is 41.2 cm³/mol. The summed E-state index contributed by atoms with van der Waals surface area (Å²) in [5, 5.41) is 11.3. The van der Waals surface area contributed by atoms with Gasteiger partial charge in [-0.05, 0) is 0 Å². The van der Waals surface area contributed by atoms with Gasteiger partial charge in [-0.3, -0.25) is 0 Å². The molecule has 0 aromatic rings. The zero-order valence-electron chi connectivity index (χ0n) is 6.23. The Morgan fingerprint density at radius 3 is 2.42 bits per heavy atom. The highest BCUT2D eigenvalue weighted by atomic mass is 32.2. The lowest BCUT2D eigenvalue weighted by atomic mass is 10.2. The molecule has 0 unspecified atom stereocenters. The van der Waals surface area contributed by atoms with Gasteiger partial charge in [0.15, 0.2) is 9.84 Å². The molecule has 7 heteroatoms. The first-order valence-corrected chi connectivity index (χ1v) is 5.17. The zero-order chi connectivity index (χ0) is 9.35. The molecule has 0 aromatic heterocycles. The Morgan fingerprint density at radius 2 is 2.08 bits per heavy atom. The van der Waals surface area contributed by atoms with Crippen molar-refractivity contribution >= 4 is 15.9 Å². The summed E-state index contributed by atoms with van der Waals surface area (Å²) in [5.74, 6) is -0.547. The van der Waals surface area contributed by atoms with E-state index in [9.17, 15) is 13.2 Å². The third-order valence-electron chi connectivity index (χ3n) is 1.65. The minimum Gasteiger partial charge on any atom is -0.390 e. The summed E-state index contributed by atoms with van der Waals surface area (Å²) in [4.78, 5) is 10.3. The molecule has 0 aliphatic carbocycles. The number of hydrogen-bond acceptors (Lipinski definition) is 4. The van der Waals surface area contributed by atoms with E-state index in [0.29, 0.717) is 0 Å². The standard InChI is InChI=1S/C5H10N2O4S/c6-5(9)7-3-1-12(10,11)2-4(3)8/h3-4,8H,1-2H2,(H3,6,7,9)/t3-,4+/m1/s1. The Balaban J connectivity index is 2.64. The van der Waals surface area contributed by atoms with Gasteiger partial charge in [0.05, 0.1) is 23.7 Å². The van der Waals surface area contributed by atoms with Gasteiger partial charge in [-0.2, -0.15) is 0 Å². The van der Waals surface area contributed by atoms with Gasteiger partial charge < -0.3 is 16.2 Å². The number of urea groups is 1. The van der Waals surface area contributed by atoms with Crippen molar-refractivity contribution in [3.05, 3.63) is 0 Å². The van der Waals surface area contributed by atoms with Crippen LogP contribution in [0.1, 0.15) is 0 Å². The van der Waals surface area contributed by atoms with E-state index in [1.54, 1.807) is 0 Å². The van der Waals surface area contributed by atoms with Gasteiger partial charge in [0.25, 0.3) is 0 Å². The number of amides is 2. The number of primary amides is 1. The number of nitrogens with two attached hydrogens (primary N) is 1. The van der Waals surface area contributed by atoms with E-state index in [0.717, 1.165) is 0 Å². The number of rotatable bonds is 1. The predicted octanol–water partition coefficient (Wildman–Crippen LogP) is -2.19. The monoisotopic (exact) mass is 194 g/mol. The van der Waals surface area contributed by atoms with E-state index in [1.165, 1.54) is 0 Å². The molecule has 2 atom stereocenters. The molecule has 1 aliphatic heterocycles.